The zero-order chi connectivity index (χ0) is 18.4. The van der Waals surface area contributed by atoms with Gasteiger partial charge in [0.05, 0.1) is 10.6 Å². The van der Waals surface area contributed by atoms with Crippen molar-refractivity contribution in [1.29, 1.82) is 0 Å². The van der Waals surface area contributed by atoms with E-state index in [1.165, 1.54) is 12.1 Å². The number of primary amides is 1. The molecule has 2 rings (SSSR count). The average Bonchev–Trinajstić information content (AvgIpc) is 2.59. The molecule has 0 saturated heterocycles. The molecule has 1 atom stereocenters. The Morgan fingerprint density at radius 3 is 2.20 bits per heavy atom. The Labute approximate surface area is 147 Å². The first-order valence-electron chi connectivity index (χ1n) is 7.72. The number of aryl methyl sites for hydroxylation is 1. The third kappa shape index (κ3) is 5.15. The van der Waals surface area contributed by atoms with Gasteiger partial charge in [-0.1, -0.05) is 48.0 Å². The first kappa shape index (κ1) is 18.7. The fourth-order valence-electron chi connectivity index (χ4n) is 2.29. The molecular formula is C18H20N2O4S. The number of carbonyl (C=O) groups is 2. The maximum absolute atomic E-state index is 12.3. The molecule has 0 aromatic heterocycles. The maximum Gasteiger partial charge on any atom is 0.244 e. The number of nitrogens with one attached hydrogen (secondary N) is 1. The number of rotatable bonds is 7. The van der Waals surface area contributed by atoms with Gasteiger partial charge in [-0.05, 0) is 24.6 Å². The molecule has 2 amide bonds. The van der Waals surface area contributed by atoms with Crippen LogP contribution in [0.25, 0.3) is 0 Å². The summed E-state index contributed by atoms with van der Waals surface area (Å²) in [5.41, 5.74) is 6.83. The number of sulfone groups is 1. The summed E-state index contributed by atoms with van der Waals surface area (Å²) in [7, 11) is -3.57. The van der Waals surface area contributed by atoms with E-state index in [-0.39, 0.29) is 17.1 Å². The molecule has 0 aliphatic carbocycles. The highest BCUT2D eigenvalue weighted by molar-refractivity contribution is 7.91. The summed E-state index contributed by atoms with van der Waals surface area (Å²) in [6.45, 7) is 1.86. The van der Waals surface area contributed by atoms with Crippen LogP contribution in [0.1, 0.15) is 23.6 Å². The predicted molar refractivity (Wildman–Crippen MR) is 94.4 cm³/mol. The molecule has 0 aliphatic heterocycles. The Balaban J connectivity index is 2.01. The van der Waals surface area contributed by atoms with E-state index in [2.05, 4.69) is 5.32 Å². The van der Waals surface area contributed by atoms with Gasteiger partial charge < -0.3 is 11.1 Å². The second-order valence-corrected chi connectivity index (χ2v) is 7.80. The highest BCUT2D eigenvalue weighted by atomic mass is 32.2. The van der Waals surface area contributed by atoms with Gasteiger partial charge in [-0.2, -0.15) is 0 Å². The van der Waals surface area contributed by atoms with Crippen LogP contribution >= 0.6 is 0 Å². The van der Waals surface area contributed by atoms with Crippen molar-refractivity contribution in [3.8, 4) is 0 Å². The molecular weight excluding hydrogens is 340 g/mol. The minimum absolute atomic E-state index is 0.167. The van der Waals surface area contributed by atoms with Gasteiger partial charge in [0.1, 0.15) is 6.04 Å². The third-order valence-corrected chi connectivity index (χ3v) is 5.43. The lowest BCUT2D eigenvalue weighted by Gasteiger charge is -2.16. The molecule has 7 heteroatoms. The molecule has 6 nitrogen and oxygen atoms in total. The monoisotopic (exact) mass is 360 g/mol. The summed E-state index contributed by atoms with van der Waals surface area (Å²) >= 11 is 0. The van der Waals surface area contributed by atoms with E-state index in [1.807, 2.05) is 6.92 Å². The zero-order valence-corrected chi connectivity index (χ0v) is 14.6. The van der Waals surface area contributed by atoms with Crippen LogP contribution in [0.3, 0.4) is 0 Å². The van der Waals surface area contributed by atoms with Gasteiger partial charge in [0.15, 0.2) is 9.84 Å². The fourth-order valence-corrected chi connectivity index (χ4v) is 3.53. The van der Waals surface area contributed by atoms with Crippen molar-refractivity contribution in [2.75, 3.05) is 5.75 Å². The van der Waals surface area contributed by atoms with Gasteiger partial charge in [-0.15, -0.1) is 0 Å². The fraction of sp³-hybridized carbons (Fsp3) is 0.222. The van der Waals surface area contributed by atoms with Crippen LogP contribution in [0, 0.1) is 6.92 Å². The lowest BCUT2D eigenvalue weighted by Crippen LogP contribution is -2.38. The van der Waals surface area contributed by atoms with Crippen molar-refractivity contribution in [2.45, 2.75) is 24.3 Å². The molecule has 1 unspecified atom stereocenters. The first-order chi connectivity index (χ1) is 11.8. The Morgan fingerprint density at radius 1 is 1.04 bits per heavy atom. The van der Waals surface area contributed by atoms with E-state index in [4.69, 9.17) is 5.73 Å². The first-order valence-corrected chi connectivity index (χ1v) is 9.38. The molecule has 0 heterocycles. The molecule has 0 saturated carbocycles. The van der Waals surface area contributed by atoms with Crippen LogP contribution in [-0.4, -0.2) is 26.0 Å². The summed E-state index contributed by atoms with van der Waals surface area (Å²) in [4.78, 5) is 23.8. The lowest BCUT2D eigenvalue weighted by atomic mass is 10.1. The van der Waals surface area contributed by atoms with Crippen LogP contribution in [0.2, 0.25) is 0 Å². The van der Waals surface area contributed by atoms with Crippen molar-refractivity contribution < 1.29 is 18.0 Å². The van der Waals surface area contributed by atoms with Crippen molar-refractivity contribution in [3.05, 3.63) is 65.7 Å². The molecule has 0 fully saturated rings. The Morgan fingerprint density at radius 2 is 1.64 bits per heavy atom. The number of carbonyl (C=O) groups excluding carboxylic acids is 2. The smallest absolute Gasteiger partial charge is 0.244 e. The average molecular weight is 360 g/mol. The van der Waals surface area contributed by atoms with Crippen LogP contribution in [-0.2, 0) is 19.4 Å². The van der Waals surface area contributed by atoms with Gasteiger partial charge in [0, 0.05) is 6.42 Å². The number of nitrogens with two attached hydrogens (primary N) is 1. The zero-order valence-electron chi connectivity index (χ0n) is 13.8. The largest absolute Gasteiger partial charge is 0.368 e. The van der Waals surface area contributed by atoms with E-state index in [0.29, 0.717) is 5.56 Å². The standard InChI is InChI=1S/C18H20N2O4S/c1-13-7-9-15(10-8-13)25(23,24)12-11-16(21)20-17(18(19)22)14-5-3-2-4-6-14/h2-10,17H,11-12H2,1H3,(H2,19,22)(H,20,21). The van der Waals surface area contributed by atoms with Crippen LogP contribution in [0.5, 0.6) is 0 Å². The minimum Gasteiger partial charge on any atom is -0.368 e. The third-order valence-electron chi connectivity index (χ3n) is 3.70. The minimum atomic E-state index is -3.57. The van der Waals surface area contributed by atoms with Crippen LogP contribution < -0.4 is 11.1 Å². The van der Waals surface area contributed by atoms with E-state index >= 15 is 0 Å². The van der Waals surface area contributed by atoms with Crippen LogP contribution in [0.4, 0.5) is 0 Å². The molecule has 0 spiro atoms. The number of benzene rings is 2. The molecule has 0 bridgehead atoms. The Bertz CT molecular complexity index is 846. The SMILES string of the molecule is Cc1ccc(S(=O)(=O)CCC(=O)NC(C(N)=O)c2ccccc2)cc1. The number of hydrogen-bond acceptors (Lipinski definition) is 4. The highest BCUT2D eigenvalue weighted by Crippen LogP contribution is 2.15. The van der Waals surface area contributed by atoms with Gasteiger partial charge in [-0.25, -0.2) is 8.42 Å². The van der Waals surface area contributed by atoms with Gasteiger partial charge >= 0.3 is 0 Å². The summed E-state index contributed by atoms with van der Waals surface area (Å²) in [6.07, 6.45) is -0.257. The summed E-state index contributed by atoms with van der Waals surface area (Å²) < 4.78 is 24.5. The molecule has 2 aromatic rings. The number of amides is 2. The second kappa shape index (κ2) is 7.94. The summed E-state index contributed by atoms with van der Waals surface area (Å²) in [6, 6.07) is 14.0. The second-order valence-electron chi connectivity index (χ2n) is 5.70. The number of hydrogen-bond donors (Lipinski definition) is 2. The lowest BCUT2D eigenvalue weighted by molar-refractivity contribution is -0.127. The topological polar surface area (TPSA) is 106 Å². The van der Waals surface area contributed by atoms with Crippen molar-refractivity contribution in [3.63, 3.8) is 0 Å². The summed E-state index contributed by atoms with van der Waals surface area (Å²) in [5.74, 6) is -1.60. The van der Waals surface area contributed by atoms with E-state index in [0.717, 1.165) is 5.56 Å². The normalized spacial score (nSPS) is 12.4. The molecule has 132 valence electrons. The highest BCUT2D eigenvalue weighted by Gasteiger charge is 2.22. The van der Waals surface area contributed by atoms with Gasteiger partial charge in [0.25, 0.3) is 0 Å². The van der Waals surface area contributed by atoms with Crippen molar-refractivity contribution in [1.82, 2.24) is 5.32 Å². The van der Waals surface area contributed by atoms with E-state index in [9.17, 15) is 18.0 Å². The maximum atomic E-state index is 12.3. The van der Waals surface area contributed by atoms with Crippen molar-refractivity contribution in [2.24, 2.45) is 5.73 Å². The Hall–Kier alpha value is -2.67. The quantitative estimate of drug-likeness (QED) is 0.780. The Kier molecular flexibility index (Phi) is 5.93. The molecule has 25 heavy (non-hydrogen) atoms. The molecule has 0 aliphatic rings. The van der Waals surface area contributed by atoms with E-state index < -0.39 is 27.7 Å². The van der Waals surface area contributed by atoms with Gasteiger partial charge in [0.2, 0.25) is 11.8 Å². The van der Waals surface area contributed by atoms with Crippen LogP contribution in [0.15, 0.2) is 59.5 Å². The van der Waals surface area contributed by atoms with E-state index in [1.54, 1.807) is 42.5 Å². The molecule has 2 aromatic carbocycles. The van der Waals surface area contributed by atoms with Crippen molar-refractivity contribution >= 4 is 21.7 Å². The summed E-state index contributed by atoms with van der Waals surface area (Å²) in [5, 5.41) is 2.49. The predicted octanol–water partition coefficient (Wildman–Crippen LogP) is 1.50. The van der Waals surface area contributed by atoms with Gasteiger partial charge in [-0.3, -0.25) is 9.59 Å². The molecule has 0 radical (unpaired) electrons. The molecule has 3 N–H and O–H groups in total.